The van der Waals surface area contributed by atoms with Gasteiger partial charge in [0.25, 0.3) is 0 Å². The summed E-state index contributed by atoms with van der Waals surface area (Å²) in [6.45, 7) is 2.63. The molecule has 0 bridgehead atoms. The molecule has 0 saturated carbocycles. The number of ketones is 1. The normalized spacial score (nSPS) is 11.6. The zero-order valence-electron chi connectivity index (χ0n) is 40.5. The molecule has 0 fully saturated rings. The molecule has 0 aliphatic heterocycles. The highest BCUT2D eigenvalue weighted by Crippen LogP contribution is 2.31. The highest BCUT2D eigenvalue weighted by Gasteiger charge is 2.52. The molecule has 2 nitrogen and oxygen atoms in total. The van der Waals surface area contributed by atoms with E-state index in [1.807, 2.05) is 53.2 Å². The van der Waals surface area contributed by atoms with Crippen LogP contribution in [0.5, 0.6) is 0 Å². The lowest BCUT2D eigenvalue weighted by Gasteiger charge is -2.44. The van der Waals surface area contributed by atoms with E-state index in [0.717, 1.165) is 23.2 Å². The van der Waals surface area contributed by atoms with Crippen molar-refractivity contribution in [2.75, 3.05) is 0 Å². The van der Waals surface area contributed by atoms with Crippen molar-refractivity contribution in [3.8, 4) is 11.3 Å². The summed E-state index contributed by atoms with van der Waals surface area (Å²) in [6, 6.07) is 24.5. The standard InChI is InChI=1S/C31H40NO.C24BF20/c1-2-3-4-5-6-7-8-9-10-12-17-27-21-23-28(24-22-27)30-20-15-16-25-32(30)26-31(33)29-18-13-11-14-19-29;26-5-1(6(27)14(35)21(42)13(5)34)25(2-7(28)15(36)22(43)16(37)8(2)29,3-9(30)17(38)23(44)18(39)10(3)31)4-11(32)19(40)24(45)20(41)12(4)33/h11,13-16,18-25H,2-10,12,17,26H2,1H3;/q+1;-1. The first-order valence-corrected chi connectivity index (χ1v) is 23.9. The van der Waals surface area contributed by atoms with Crippen molar-refractivity contribution in [2.24, 2.45) is 0 Å². The third-order valence-corrected chi connectivity index (χ3v) is 13.1. The zero-order valence-corrected chi connectivity index (χ0v) is 40.5. The van der Waals surface area contributed by atoms with Crippen LogP contribution in [-0.4, -0.2) is 11.9 Å². The minimum atomic E-state index is -7.22. The van der Waals surface area contributed by atoms with E-state index < -0.39 is 144 Å². The first-order valence-electron chi connectivity index (χ1n) is 23.9. The van der Waals surface area contributed by atoms with Gasteiger partial charge in [-0.3, -0.25) is 4.79 Å². The Morgan fingerprint density at radius 3 is 1.01 bits per heavy atom. The van der Waals surface area contributed by atoms with E-state index in [4.69, 9.17) is 0 Å². The predicted molar refractivity (Wildman–Crippen MR) is 248 cm³/mol. The van der Waals surface area contributed by atoms with Crippen molar-refractivity contribution >= 4 is 33.8 Å². The Labute approximate surface area is 431 Å². The summed E-state index contributed by atoms with van der Waals surface area (Å²) in [4.78, 5) is 12.7. The van der Waals surface area contributed by atoms with Crippen LogP contribution in [0.1, 0.15) is 87.1 Å². The van der Waals surface area contributed by atoms with E-state index in [9.17, 15) is 57.5 Å². The number of aromatic nitrogens is 1. The molecule has 7 aromatic rings. The average Bonchev–Trinajstić information content (AvgIpc) is 3.18. The fourth-order valence-electron chi connectivity index (χ4n) is 9.28. The number of carbonyl (C=O) groups is 1. The van der Waals surface area contributed by atoms with Crippen molar-refractivity contribution < 1.29 is 97.2 Å². The van der Waals surface area contributed by atoms with Crippen LogP contribution < -0.4 is 26.4 Å². The largest absolute Gasteiger partial charge is 0.287 e. The molecule has 0 atom stereocenters. The molecular weight excluding hydrogens is 1080 g/mol. The van der Waals surface area contributed by atoms with Gasteiger partial charge >= 0.3 is 0 Å². The van der Waals surface area contributed by atoms with E-state index in [0.29, 0.717) is 6.54 Å². The Morgan fingerprint density at radius 2 is 0.667 bits per heavy atom. The first kappa shape index (κ1) is 60.0. The van der Waals surface area contributed by atoms with Crippen molar-refractivity contribution in [1.82, 2.24) is 0 Å². The van der Waals surface area contributed by atoms with E-state index >= 15 is 35.1 Å². The fraction of sp³-hybridized carbons (Fsp3) is 0.236. The third-order valence-electron chi connectivity index (χ3n) is 13.1. The number of carbonyl (C=O) groups excluding carboxylic acids is 1. The van der Waals surface area contributed by atoms with Crippen LogP contribution in [0.3, 0.4) is 0 Å². The number of hydrogen-bond acceptors (Lipinski definition) is 1. The van der Waals surface area contributed by atoms with Gasteiger partial charge in [0.15, 0.2) is 76.0 Å². The monoisotopic (exact) mass is 1120 g/mol. The SMILES string of the molecule is CCCCCCCCCCCCc1ccc(-c2cccc[n+]2CC(=O)c2ccccc2)cc1.Fc1c(F)c(F)c([B-](c2c(F)c(F)c(F)c(F)c2F)(c2c(F)c(F)c(F)c(F)c2F)c2c(F)c(F)c(F)c(F)c2F)c(F)c1F. The van der Waals surface area contributed by atoms with Crippen LogP contribution in [0.25, 0.3) is 11.3 Å². The summed E-state index contributed by atoms with van der Waals surface area (Å²) >= 11 is 0. The molecule has 0 unspecified atom stereocenters. The molecule has 0 saturated heterocycles. The Bertz CT molecular complexity index is 2960. The predicted octanol–water partition coefficient (Wildman–Crippen LogP) is 13.8. The summed E-state index contributed by atoms with van der Waals surface area (Å²) in [5, 5.41) is 0. The number of pyridine rings is 1. The number of aryl methyl sites for hydroxylation is 1. The molecule has 0 aliphatic rings. The summed E-state index contributed by atoms with van der Waals surface area (Å²) in [5.41, 5.74) is -9.94. The maximum Gasteiger partial charge on any atom is 0.227 e. The fourth-order valence-corrected chi connectivity index (χ4v) is 9.28. The molecule has 0 radical (unpaired) electrons. The number of nitrogens with zero attached hydrogens (tertiary/aromatic N) is 1. The summed E-state index contributed by atoms with van der Waals surface area (Å²) in [7, 11) is 0. The second-order valence-corrected chi connectivity index (χ2v) is 17.9. The highest BCUT2D eigenvalue weighted by atomic mass is 19.2. The van der Waals surface area contributed by atoms with Crippen molar-refractivity contribution in [1.29, 1.82) is 0 Å². The van der Waals surface area contributed by atoms with E-state index in [1.165, 1.54) is 69.8 Å². The maximum atomic E-state index is 15.4. The van der Waals surface area contributed by atoms with Gasteiger partial charge in [-0.15, -0.1) is 21.9 Å². The summed E-state index contributed by atoms with van der Waals surface area (Å²) in [5.74, 6) is -71.3. The Hall–Kier alpha value is -7.20. The lowest BCUT2D eigenvalue weighted by atomic mass is 9.12. The molecule has 0 N–H and O–H groups in total. The van der Waals surface area contributed by atoms with E-state index in [1.54, 1.807) is 0 Å². The lowest BCUT2D eigenvalue weighted by Crippen LogP contribution is -2.81. The second kappa shape index (κ2) is 25.5. The maximum absolute atomic E-state index is 15.4. The molecular formula is C55H40BF20NO. The van der Waals surface area contributed by atoms with Crippen LogP contribution in [0.4, 0.5) is 87.8 Å². The number of halogens is 20. The lowest BCUT2D eigenvalue weighted by molar-refractivity contribution is -0.672. The minimum Gasteiger partial charge on any atom is -0.287 e. The van der Waals surface area contributed by atoms with Gasteiger partial charge < -0.3 is 0 Å². The number of hydrogen-bond donors (Lipinski definition) is 0. The molecule has 414 valence electrons. The molecule has 1 heterocycles. The number of rotatable bonds is 19. The smallest absolute Gasteiger partial charge is 0.227 e. The molecule has 0 aliphatic carbocycles. The van der Waals surface area contributed by atoms with Gasteiger partial charge in [0.2, 0.25) is 18.0 Å². The van der Waals surface area contributed by atoms with Crippen LogP contribution in [0, 0.1) is 116 Å². The quantitative estimate of drug-likeness (QED) is 0.0150. The molecule has 23 heteroatoms. The van der Waals surface area contributed by atoms with Crippen LogP contribution in [0.15, 0.2) is 79.0 Å². The van der Waals surface area contributed by atoms with Gasteiger partial charge in [0.05, 0.1) is 0 Å². The third kappa shape index (κ3) is 11.5. The molecule has 7 rings (SSSR count). The summed E-state index contributed by atoms with van der Waals surface area (Å²) in [6.07, 6.45) is 9.67. The molecule has 0 spiro atoms. The van der Waals surface area contributed by atoms with Gasteiger partial charge in [-0.1, -0.05) is 107 Å². The highest BCUT2D eigenvalue weighted by molar-refractivity contribution is 7.20. The minimum absolute atomic E-state index is 0.130. The number of Topliss-reactive ketones (excluding diaryl/α,β-unsaturated/α-hetero) is 1. The number of unbranched alkanes of at least 4 members (excludes halogenated alkanes) is 9. The molecule has 0 amide bonds. The van der Waals surface area contributed by atoms with Gasteiger partial charge in [0, 0.05) is 23.3 Å². The number of benzene rings is 6. The van der Waals surface area contributed by atoms with Gasteiger partial charge in [-0.25, -0.2) is 87.8 Å². The van der Waals surface area contributed by atoms with E-state index in [2.05, 4.69) is 37.3 Å². The van der Waals surface area contributed by atoms with E-state index in [-0.39, 0.29) is 5.78 Å². The van der Waals surface area contributed by atoms with Crippen LogP contribution in [-0.2, 0) is 13.0 Å². The average molecular weight is 1120 g/mol. The Morgan fingerprint density at radius 1 is 0.359 bits per heavy atom. The second-order valence-electron chi connectivity index (χ2n) is 17.9. The Kier molecular flexibility index (Phi) is 19.6. The van der Waals surface area contributed by atoms with Gasteiger partial charge in [-0.2, -0.15) is 4.57 Å². The molecule has 78 heavy (non-hydrogen) atoms. The van der Waals surface area contributed by atoms with Gasteiger partial charge in [-0.05, 0) is 36.6 Å². The Balaban J connectivity index is 0.000000265. The zero-order chi connectivity index (χ0) is 57.5. The molecule has 1 aromatic heterocycles. The van der Waals surface area contributed by atoms with Crippen LogP contribution in [0.2, 0.25) is 0 Å². The van der Waals surface area contributed by atoms with Crippen LogP contribution >= 0.6 is 0 Å². The summed E-state index contributed by atoms with van der Waals surface area (Å²) < 4.78 is 296. The van der Waals surface area contributed by atoms with Gasteiger partial charge in [0.1, 0.15) is 52.7 Å². The van der Waals surface area contributed by atoms with Crippen molar-refractivity contribution in [3.05, 3.63) is 206 Å². The molecule has 6 aromatic carbocycles. The van der Waals surface area contributed by atoms with Crippen molar-refractivity contribution in [3.63, 3.8) is 0 Å². The van der Waals surface area contributed by atoms with Crippen molar-refractivity contribution in [2.45, 2.75) is 84.1 Å². The first-order chi connectivity index (χ1) is 37.0. The topological polar surface area (TPSA) is 20.9 Å².